The van der Waals surface area contributed by atoms with Gasteiger partial charge in [-0.3, -0.25) is 4.79 Å². The molecule has 1 unspecified atom stereocenters. The molecule has 1 aliphatic rings. The van der Waals surface area contributed by atoms with Gasteiger partial charge in [-0.2, -0.15) is 26.3 Å². The Kier molecular flexibility index (Phi) is 7.28. The number of oxime groups is 2. The summed E-state index contributed by atoms with van der Waals surface area (Å²) in [5, 5.41) is 7.57. The van der Waals surface area contributed by atoms with Crippen molar-refractivity contribution < 1.29 is 40.8 Å². The number of rotatable bonds is 5. The van der Waals surface area contributed by atoms with Gasteiger partial charge in [0.05, 0.1) is 21.3 Å². The third-order valence-electron chi connectivity index (χ3n) is 5.14. The monoisotopic (exact) mass is 541 g/mol. The van der Waals surface area contributed by atoms with Crippen molar-refractivity contribution in [2.24, 2.45) is 10.3 Å². The van der Waals surface area contributed by atoms with Crippen LogP contribution < -0.4 is 5.32 Å². The van der Waals surface area contributed by atoms with Crippen LogP contribution in [0.1, 0.15) is 39.0 Å². The fourth-order valence-electron chi connectivity index (χ4n) is 3.40. The van der Waals surface area contributed by atoms with Crippen molar-refractivity contribution in [2.45, 2.75) is 31.3 Å². The molecule has 0 saturated heterocycles. The van der Waals surface area contributed by atoms with E-state index in [4.69, 9.17) is 28.0 Å². The molecular formula is C21H15Cl2F6N3O3. The molecule has 6 nitrogen and oxygen atoms in total. The lowest BCUT2D eigenvalue weighted by Crippen LogP contribution is -2.43. The molecule has 0 fully saturated rings. The molecule has 0 bridgehead atoms. The van der Waals surface area contributed by atoms with E-state index in [1.54, 1.807) is 0 Å². The number of nitrogens with one attached hydrogen (secondary N) is 1. The van der Waals surface area contributed by atoms with Crippen molar-refractivity contribution in [3.8, 4) is 0 Å². The summed E-state index contributed by atoms with van der Waals surface area (Å²) in [5.74, 6) is -0.556. The van der Waals surface area contributed by atoms with E-state index in [2.05, 4.69) is 20.5 Å². The van der Waals surface area contributed by atoms with Crippen molar-refractivity contribution in [1.82, 2.24) is 5.32 Å². The minimum atomic E-state index is -5.17. The van der Waals surface area contributed by atoms with Gasteiger partial charge < -0.3 is 15.0 Å². The molecule has 2 aromatic carbocycles. The van der Waals surface area contributed by atoms with Crippen LogP contribution >= 0.6 is 23.2 Å². The molecule has 0 spiro atoms. The van der Waals surface area contributed by atoms with Crippen LogP contribution in [0.3, 0.4) is 0 Å². The Hall–Kier alpha value is -2.99. The van der Waals surface area contributed by atoms with Crippen LogP contribution in [0.25, 0.3) is 0 Å². The van der Waals surface area contributed by atoms with Gasteiger partial charge in [0.15, 0.2) is 0 Å². The predicted molar refractivity (Wildman–Crippen MR) is 116 cm³/mol. The molecule has 1 aliphatic heterocycles. The highest BCUT2D eigenvalue weighted by molar-refractivity contribution is 6.42. The molecule has 35 heavy (non-hydrogen) atoms. The third kappa shape index (κ3) is 5.18. The maximum absolute atomic E-state index is 14.2. The highest BCUT2D eigenvalue weighted by Gasteiger charge is 2.62. The van der Waals surface area contributed by atoms with E-state index in [0.29, 0.717) is 11.6 Å². The fraction of sp³-hybridized carbons (Fsp3) is 0.286. The molecule has 1 amide bonds. The SMILES string of the molecule is CO/N=C/NC(=O)c1ccc(C2=NOC(c3cc(Cl)c(Cl)c(C(F)(F)F)c3)(C(F)(F)F)C2)cc1C. The minimum Gasteiger partial charge on any atom is -0.398 e. The molecule has 1 atom stereocenters. The summed E-state index contributed by atoms with van der Waals surface area (Å²) in [7, 11) is 1.27. The zero-order valence-electron chi connectivity index (χ0n) is 17.8. The Labute approximate surface area is 204 Å². The number of carbonyl (C=O) groups is 1. The van der Waals surface area contributed by atoms with E-state index >= 15 is 0 Å². The molecule has 1 heterocycles. The minimum absolute atomic E-state index is 0.173. The topological polar surface area (TPSA) is 72.3 Å². The number of carbonyl (C=O) groups excluding carboxylic acids is 1. The summed E-state index contributed by atoms with van der Waals surface area (Å²) in [6.07, 6.45) is -10.2. The van der Waals surface area contributed by atoms with Crippen LogP contribution in [0.5, 0.6) is 0 Å². The second-order valence-corrected chi connectivity index (χ2v) is 8.15. The van der Waals surface area contributed by atoms with Crippen LogP contribution in [0.15, 0.2) is 40.6 Å². The van der Waals surface area contributed by atoms with E-state index in [9.17, 15) is 31.1 Å². The molecular weight excluding hydrogens is 527 g/mol. The van der Waals surface area contributed by atoms with E-state index in [0.717, 1.165) is 6.34 Å². The molecule has 188 valence electrons. The molecule has 0 aromatic heterocycles. The molecule has 2 aromatic rings. The van der Waals surface area contributed by atoms with Gasteiger partial charge in [-0.25, -0.2) is 0 Å². The van der Waals surface area contributed by atoms with Crippen LogP contribution in [0.4, 0.5) is 26.3 Å². The Morgan fingerprint density at radius 1 is 1.20 bits per heavy atom. The van der Waals surface area contributed by atoms with Crippen molar-refractivity contribution in [2.75, 3.05) is 7.11 Å². The number of benzene rings is 2. The van der Waals surface area contributed by atoms with Crippen LogP contribution in [-0.2, 0) is 21.5 Å². The summed E-state index contributed by atoms with van der Waals surface area (Å²) >= 11 is 11.3. The van der Waals surface area contributed by atoms with Gasteiger partial charge in [-0.1, -0.05) is 39.6 Å². The quantitative estimate of drug-likeness (QED) is 0.211. The zero-order chi connectivity index (χ0) is 26.2. The van der Waals surface area contributed by atoms with Crippen molar-refractivity contribution >= 4 is 41.2 Å². The van der Waals surface area contributed by atoms with E-state index < -0.39 is 51.5 Å². The molecule has 0 saturated carbocycles. The fourth-order valence-corrected chi connectivity index (χ4v) is 3.84. The van der Waals surface area contributed by atoms with Crippen LogP contribution in [-0.4, -0.2) is 31.2 Å². The Bertz CT molecular complexity index is 1210. The van der Waals surface area contributed by atoms with Crippen LogP contribution in [0.2, 0.25) is 10.0 Å². The predicted octanol–water partition coefficient (Wildman–Crippen LogP) is 6.22. The maximum Gasteiger partial charge on any atom is 0.435 e. The van der Waals surface area contributed by atoms with Gasteiger partial charge in [-0.05, 0) is 42.3 Å². The summed E-state index contributed by atoms with van der Waals surface area (Å²) in [4.78, 5) is 21.4. The average Bonchev–Trinajstić information content (AvgIpc) is 3.21. The van der Waals surface area contributed by atoms with E-state index in [1.165, 1.54) is 32.2 Å². The van der Waals surface area contributed by atoms with Gasteiger partial charge in [0.2, 0.25) is 0 Å². The standard InChI is InChI=1S/C21H15Cl2F6N3O3/c1-10-5-11(3-4-13(10)18(33)30-9-31-34-2)16-8-19(35-32-16,21(27,28)29)12-6-14(20(24,25)26)17(23)15(22)7-12/h3-7,9H,8H2,1-2H3,(H,30,31,33). The molecule has 14 heteroatoms. The van der Waals surface area contributed by atoms with E-state index in [-0.39, 0.29) is 22.9 Å². The number of halogens is 8. The summed E-state index contributed by atoms with van der Waals surface area (Å²) in [5.41, 5.74) is -5.13. The smallest absolute Gasteiger partial charge is 0.398 e. The first kappa shape index (κ1) is 26.6. The van der Waals surface area contributed by atoms with E-state index in [1.807, 2.05) is 0 Å². The molecule has 0 aliphatic carbocycles. The first-order chi connectivity index (χ1) is 16.2. The van der Waals surface area contributed by atoms with Gasteiger partial charge >= 0.3 is 12.4 Å². The van der Waals surface area contributed by atoms with Gasteiger partial charge in [0, 0.05) is 17.5 Å². The lowest BCUT2D eigenvalue weighted by molar-refractivity contribution is -0.276. The van der Waals surface area contributed by atoms with Gasteiger partial charge in [0.1, 0.15) is 13.4 Å². The lowest BCUT2D eigenvalue weighted by atomic mass is 9.85. The first-order valence-corrected chi connectivity index (χ1v) is 10.3. The first-order valence-electron chi connectivity index (χ1n) is 9.56. The molecule has 3 rings (SSSR count). The van der Waals surface area contributed by atoms with Gasteiger partial charge in [-0.15, -0.1) is 0 Å². The highest BCUT2D eigenvalue weighted by atomic mass is 35.5. The third-order valence-corrected chi connectivity index (χ3v) is 5.95. The number of nitrogens with zero attached hydrogens (tertiary/aromatic N) is 2. The summed E-state index contributed by atoms with van der Waals surface area (Å²) in [6, 6.07) is 5.00. The largest absolute Gasteiger partial charge is 0.435 e. The number of hydrogen-bond donors (Lipinski definition) is 1. The molecule has 0 radical (unpaired) electrons. The average molecular weight is 542 g/mol. The molecule has 1 N–H and O–H groups in total. The maximum atomic E-state index is 14.2. The number of hydrogen-bond acceptors (Lipinski definition) is 5. The van der Waals surface area contributed by atoms with Crippen LogP contribution in [0, 0.1) is 6.92 Å². The lowest BCUT2D eigenvalue weighted by Gasteiger charge is -2.30. The number of aryl methyl sites for hydroxylation is 1. The Morgan fingerprint density at radius 3 is 2.46 bits per heavy atom. The summed E-state index contributed by atoms with van der Waals surface area (Å²) < 4.78 is 82.7. The second kappa shape index (κ2) is 9.57. The Balaban J connectivity index is 1.99. The highest BCUT2D eigenvalue weighted by Crippen LogP contribution is 2.51. The van der Waals surface area contributed by atoms with Crippen molar-refractivity contribution in [1.29, 1.82) is 0 Å². The number of alkyl halides is 6. The zero-order valence-corrected chi connectivity index (χ0v) is 19.3. The van der Waals surface area contributed by atoms with Gasteiger partial charge in [0.25, 0.3) is 11.5 Å². The second-order valence-electron chi connectivity index (χ2n) is 7.37. The van der Waals surface area contributed by atoms with Crippen molar-refractivity contribution in [3.05, 3.63) is 68.2 Å². The Morgan fingerprint density at radius 2 is 1.89 bits per heavy atom. The number of amides is 1. The van der Waals surface area contributed by atoms with Crippen molar-refractivity contribution in [3.63, 3.8) is 0 Å². The summed E-state index contributed by atoms with van der Waals surface area (Å²) in [6.45, 7) is 1.54. The normalized spacial score (nSPS) is 18.4.